The molecule has 1 aromatic carbocycles. The molecule has 2 aromatic heterocycles. The van der Waals surface area contributed by atoms with E-state index in [1.54, 1.807) is 4.90 Å². The van der Waals surface area contributed by atoms with Gasteiger partial charge < -0.3 is 19.4 Å². The number of nitrogens with zero attached hydrogens (tertiary/aromatic N) is 4. The van der Waals surface area contributed by atoms with Gasteiger partial charge in [-0.3, -0.25) is 9.59 Å². The lowest BCUT2D eigenvalue weighted by molar-refractivity contribution is -0.138. The first-order chi connectivity index (χ1) is 16.4. The lowest BCUT2D eigenvalue weighted by Gasteiger charge is -2.35. The van der Waals surface area contributed by atoms with E-state index in [2.05, 4.69) is 19.9 Å². The summed E-state index contributed by atoms with van der Waals surface area (Å²) in [5.41, 5.74) is -1.64. The van der Waals surface area contributed by atoms with Gasteiger partial charge in [-0.1, -0.05) is 0 Å². The average Bonchev–Trinajstić information content (AvgIpc) is 2.77. The van der Waals surface area contributed by atoms with Gasteiger partial charge >= 0.3 is 12.2 Å². The highest BCUT2D eigenvalue weighted by Gasteiger charge is 2.36. The number of nitrogens with one attached hydrogen (secondary N) is 1. The number of carbonyl (C=O) groups is 1. The summed E-state index contributed by atoms with van der Waals surface area (Å²) in [7, 11) is 0. The number of hydrogen-bond donors (Lipinski definition) is 1. The van der Waals surface area contributed by atoms with Crippen molar-refractivity contribution in [3.8, 4) is 6.01 Å². The molecule has 0 aliphatic carbocycles. The summed E-state index contributed by atoms with van der Waals surface area (Å²) < 4.78 is 52.6. The molecule has 12 heteroatoms. The zero-order valence-corrected chi connectivity index (χ0v) is 19.5. The van der Waals surface area contributed by atoms with Gasteiger partial charge in [-0.25, -0.2) is 15.0 Å². The highest BCUT2D eigenvalue weighted by molar-refractivity contribution is 5.93. The van der Waals surface area contributed by atoms with Crippen LogP contribution in [0, 0.1) is 6.92 Å². The summed E-state index contributed by atoms with van der Waals surface area (Å²) in [4.78, 5) is 41.2. The number of aryl methyl sites for hydroxylation is 1. The molecule has 3 unspecified atom stereocenters. The van der Waals surface area contributed by atoms with Crippen molar-refractivity contribution in [1.82, 2.24) is 24.8 Å². The van der Waals surface area contributed by atoms with Crippen LogP contribution in [0.1, 0.15) is 54.2 Å². The van der Waals surface area contributed by atoms with E-state index in [9.17, 15) is 22.8 Å². The Labute approximate surface area is 198 Å². The Morgan fingerprint density at radius 2 is 1.83 bits per heavy atom. The second kappa shape index (κ2) is 9.25. The van der Waals surface area contributed by atoms with Crippen LogP contribution in [0.2, 0.25) is 0 Å². The number of rotatable bonds is 4. The van der Waals surface area contributed by atoms with Crippen molar-refractivity contribution in [2.45, 2.75) is 52.2 Å². The van der Waals surface area contributed by atoms with Crippen molar-refractivity contribution in [1.29, 1.82) is 0 Å². The molecule has 1 aliphatic rings. The van der Waals surface area contributed by atoms with Gasteiger partial charge in [0.05, 0.1) is 34.2 Å². The fourth-order valence-electron chi connectivity index (χ4n) is 4.14. The van der Waals surface area contributed by atoms with Crippen LogP contribution in [0.15, 0.2) is 29.3 Å². The Balaban J connectivity index is 1.59. The minimum Gasteiger partial charge on any atom is -0.456 e. The normalized spacial score (nSPS) is 19.6. The Hall–Kier alpha value is -3.54. The van der Waals surface area contributed by atoms with Crippen LogP contribution in [-0.4, -0.2) is 56.0 Å². The number of morpholine rings is 1. The number of H-pyrrole nitrogens is 1. The lowest BCUT2D eigenvalue weighted by atomic mass is 10.00. The second-order valence-corrected chi connectivity index (χ2v) is 8.59. The summed E-state index contributed by atoms with van der Waals surface area (Å²) >= 11 is 0. The molecular formula is C23H24F3N5O4. The number of benzene rings is 1. The third-order valence-electron chi connectivity index (χ3n) is 5.60. The van der Waals surface area contributed by atoms with Gasteiger partial charge in [0.2, 0.25) is 0 Å². The molecule has 9 nitrogen and oxygen atoms in total. The number of halogens is 3. The summed E-state index contributed by atoms with van der Waals surface area (Å²) in [6, 6.07) is 1.74. The summed E-state index contributed by atoms with van der Waals surface area (Å²) in [5, 5.41) is 0.00452. The summed E-state index contributed by atoms with van der Waals surface area (Å²) in [6.07, 6.45) is -3.54. The number of alkyl halides is 3. The molecular weight excluding hydrogens is 467 g/mol. The third kappa shape index (κ3) is 5.26. The highest BCUT2D eigenvalue weighted by Crippen LogP contribution is 2.37. The van der Waals surface area contributed by atoms with Gasteiger partial charge in [0.1, 0.15) is 11.9 Å². The predicted octanol–water partition coefficient (Wildman–Crippen LogP) is 3.43. The molecule has 186 valence electrons. The van der Waals surface area contributed by atoms with Gasteiger partial charge in [-0.05, 0) is 39.8 Å². The quantitative estimate of drug-likeness (QED) is 0.595. The number of aromatic amines is 1. The van der Waals surface area contributed by atoms with E-state index in [-0.39, 0.29) is 52.0 Å². The second-order valence-electron chi connectivity index (χ2n) is 8.59. The standard InChI is InChI=1S/C23H24F3N5O4/c1-11-9-31(10-12(2)34-11)21(33)15-7-27-22(28-8-15)35-13(3)16-5-17-19(6-18(16)23(24,25)26)29-14(4)30-20(17)32/h5-8,11-13H,9-10H2,1-4H3,(H,29,30,32). The molecule has 0 bridgehead atoms. The van der Waals surface area contributed by atoms with E-state index in [4.69, 9.17) is 9.47 Å². The van der Waals surface area contributed by atoms with Crippen LogP contribution in [0.5, 0.6) is 6.01 Å². The predicted molar refractivity (Wildman–Crippen MR) is 119 cm³/mol. The minimum absolute atomic E-state index is 0.00452. The first-order valence-electron chi connectivity index (χ1n) is 11.0. The van der Waals surface area contributed by atoms with Crippen molar-refractivity contribution in [2.24, 2.45) is 0 Å². The summed E-state index contributed by atoms with van der Waals surface area (Å²) in [6.45, 7) is 7.48. The van der Waals surface area contributed by atoms with Gasteiger partial charge in [-0.15, -0.1) is 0 Å². The Bertz CT molecular complexity index is 1300. The topological polar surface area (TPSA) is 110 Å². The van der Waals surface area contributed by atoms with Crippen molar-refractivity contribution >= 4 is 16.8 Å². The number of carbonyl (C=O) groups excluding carboxylic acids is 1. The molecule has 1 saturated heterocycles. The summed E-state index contributed by atoms with van der Waals surface area (Å²) in [5.74, 6) is -0.0702. The lowest BCUT2D eigenvalue weighted by Crippen LogP contribution is -2.48. The van der Waals surface area contributed by atoms with Gasteiger partial charge in [0.25, 0.3) is 11.5 Å². The zero-order valence-electron chi connectivity index (χ0n) is 19.5. The number of ether oxygens (including phenoxy) is 2. The molecule has 4 rings (SSSR count). The van der Waals surface area contributed by atoms with Crippen LogP contribution in [0.25, 0.3) is 10.9 Å². The maximum Gasteiger partial charge on any atom is 0.416 e. The molecule has 1 N–H and O–H groups in total. The van der Waals surface area contributed by atoms with E-state index in [0.29, 0.717) is 13.1 Å². The van der Waals surface area contributed by atoms with Crippen LogP contribution >= 0.6 is 0 Å². The van der Waals surface area contributed by atoms with Crippen LogP contribution in [0.3, 0.4) is 0 Å². The first kappa shape index (κ1) is 24.6. The largest absolute Gasteiger partial charge is 0.456 e. The van der Waals surface area contributed by atoms with Gasteiger partial charge in [-0.2, -0.15) is 13.2 Å². The number of fused-ring (bicyclic) bond motifs is 1. The number of amides is 1. The third-order valence-corrected chi connectivity index (χ3v) is 5.60. The Morgan fingerprint density at radius 3 is 2.43 bits per heavy atom. The molecule has 35 heavy (non-hydrogen) atoms. The highest BCUT2D eigenvalue weighted by atomic mass is 19.4. The molecule has 1 fully saturated rings. The Kier molecular flexibility index (Phi) is 6.50. The maximum absolute atomic E-state index is 13.8. The molecule has 0 saturated carbocycles. The van der Waals surface area contributed by atoms with Crippen molar-refractivity contribution in [2.75, 3.05) is 13.1 Å². The monoisotopic (exact) mass is 491 g/mol. The average molecular weight is 491 g/mol. The molecule has 1 amide bonds. The number of aromatic nitrogens is 4. The van der Waals surface area contributed by atoms with Crippen LogP contribution in [0.4, 0.5) is 13.2 Å². The molecule has 0 radical (unpaired) electrons. The molecule has 0 spiro atoms. The minimum atomic E-state index is -4.71. The molecule has 3 aromatic rings. The van der Waals surface area contributed by atoms with Crippen molar-refractivity contribution in [3.63, 3.8) is 0 Å². The molecule has 1 aliphatic heterocycles. The van der Waals surface area contributed by atoms with Crippen LogP contribution < -0.4 is 10.3 Å². The zero-order chi connectivity index (χ0) is 25.5. The fourth-order valence-corrected chi connectivity index (χ4v) is 4.14. The molecule has 3 heterocycles. The van der Waals surface area contributed by atoms with Crippen molar-refractivity contribution < 1.29 is 27.4 Å². The van der Waals surface area contributed by atoms with E-state index in [1.165, 1.54) is 26.2 Å². The first-order valence-corrected chi connectivity index (χ1v) is 11.0. The maximum atomic E-state index is 13.8. The number of hydrogen-bond acceptors (Lipinski definition) is 7. The van der Waals surface area contributed by atoms with E-state index in [1.807, 2.05) is 13.8 Å². The van der Waals surface area contributed by atoms with Gasteiger partial charge in [0, 0.05) is 31.0 Å². The molecule has 3 atom stereocenters. The Morgan fingerprint density at radius 1 is 1.20 bits per heavy atom. The van der Waals surface area contributed by atoms with Gasteiger partial charge in [0.15, 0.2) is 0 Å². The van der Waals surface area contributed by atoms with E-state index >= 15 is 0 Å². The fraction of sp³-hybridized carbons (Fsp3) is 0.435. The van der Waals surface area contributed by atoms with Crippen LogP contribution in [-0.2, 0) is 10.9 Å². The van der Waals surface area contributed by atoms with E-state index < -0.39 is 23.4 Å². The smallest absolute Gasteiger partial charge is 0.416 e. The SMILES string of the molecule is Cc1nc2cc(C(F)(F)F)c(C(C)Oc3ncc(C(=O)N4CC(C)OC(C)C4)cn3)cc2c(=O)[nH]1. The van der Waals surface area contributed by atoms with Crippen molar-refractivity contribution in [3.05, 3.63) is 57.4 Å². The van der Waals surface area contributed by atoms with E-state index in [0.717, 1.165) is 12.1 Å².